The second kappa shape index (κ2) is 9.38. The molecule has 0 bridgehead atoms. The lowest BCUT2D eigenvalue weighted by atomic mass is 9.95. The van der Waals surface area contributed by atoms with Gasteiger partial charge < -0.3 is 14.4 Å². The number of carbonyl (C=O) groups is 1. The number of carboxylic acid groups (broad SMARTS) is 1. The fourth-order valence-electron chi connectivity index (χ4n) is 4.00. The van der Waals surface area contributed by atoms with Crippen LogP contribution in [0.4, 0.5) is 0 Å². The number of nitrogens with zero attached hydrogens (tertiary/aromatic N) is 1. The zero-order valence-corrected chi connectivity index (χ0v) is 22.7. The molecule has 6 heteroatoms. The Bertz CT molecular complexity index is 1230. The maximum atomic E-state index is 10.6. The fourth-order valence-corrected chi connectivity index (χ4v) is 6.55. The number of aliphatic carboxylic acids is 1. The molecule has 1 N–H and O–H groups in total. The van der Waals surface area contributed by atoms with E-state index in [1.807, 2.05) is 34.8 Å². The summed E-state index contributed by atoms with van der Waals surface area (Å²) >= 11 is 3.85. The van der Waals surface area contributed by atoms with E-state index in [9.17, 15) is 4.79 Å². The van der Waals surface area contributed by atoms with Crippen molar-refractivity contribution in [3.05, 3.63) is 46.2 Å². The molecule has 0 fully saturated rings. The van der Waals surface area contributed by atoms with Crippen LogP contribution < -0.4 is 4.74 Å². The Hall–Kier alpha value is -2.31. The van der Waals surface area contributed by atoms with Gasteiger partial charge in [0, 0.05) is 21.9 Å². The van der Waals surface area contributed by atoms with E-state index in [0.29, 0.717) is 13.0 Å². The van der Waals surface area contributed by atoms with Crippen molar-refractivity contribution in [3.8, 4) is 11.4 Å². The van der Waals surface area contributed by atoms with Gasteiger partial charge in [-0.05, 0) is 66.5 Å². The fraction of sp³-hybridized carbons (Fsp3) is 0.464. The first-order valence-electron chi connectivity index (χ1n) is 12.0. The minimum Gasteiger partial charge on any atom is -0.494 e. The summed E-state index contributed by atoms with van der Waals surface area (Å²) in [6.07, 6.45) is 2.66. The minimum absolute atomic E-state index is 0.118. The van der Waals surface area contributed by atoms with Gasteiger partial charge in [0.25, 0.3) is 0 Å². The quantitative estimate of drug-likeness (QED) is 0.248. The van der Waals surface area contributed by atoms with Gasteiger partial charge in [0.15, 0.2) is 0 Å². The van der Waals surface area contributed by atoms with Crippen molar-refractivity contribution in [2.24, 2.45) is 0 Å². The summed E-state index contributed by atoms with van der Waals surface area (Å²) in [6, 6.07) is 13.1. The molecule has 4 rings (SSSR count). The van der Waals surface area contributed by atoms with E-state index in [0.717, 1.165) is 24.3 Å². The van der Waals surface area contributed by atoms with Gasteiger partial charge in [-0.1, -0.05) is 41.5 Å². The molecule has 0 radical (unpaired) electrons. The van der Waals surface area contributed by atoms with Crippen LogP contribution in [0.25, 0.3) is 26.1 Å². The first-order chi connectivity index (χ1) is 15.9. The van der Waals surface area contributed by atoms with Gasteiger partial charge in [-0.3, -0.25) is 4.79 Å². The molecule has 0 aliphatic heterocycles. The van der Waals surface area contributed by atoms with Crippen LogP contribution in [0.15, 0.2) is 36.4 Å². The van der Waals surface area contributed by atoms with E-state index >= 15 is 0 Å². The largest absolute Gasteiger partial charge is 0.494 e. The number of aromatic nitrogens is 1. The van der Waals surface area contributed by atoms with Crippen molar-refractivity contribution in [1.82, 2.24) is 4.57 Å². The summed E-state index contributed by atoms with van der Waals surface area (Å²) in [7, 11) is 0. The molecule has 4 nitrogen and oxygen atoms in total. The summed E-state index contributed by atoms with van der Waals surface area (Å²) < 4.78 is 11.1. The van der Waals surface area contributed by atoms with Crippen molar-refractivity contribution >= 4 is 49.1 Å². The third-order valence-electron chi connectivity index (χ3n) is 5.99. The number of hydrogen-bond donors (Lipinski definition) is 1. The molecule has 0 unspecified atom stereocenters. The Kier molecular flexibility index (Phi) is 6.85. The molecule has 4 aromatic rings. The molecule has 0 aliphatic rings. The van der Waals surface area contributed by atoms with Crippen molar-refractivity contribution < 1.29 is 14.6 Å². The first kappa shape index (κ1) is 24.8. The van der Waals surface area contributed by atoms with Crippen LogP contribution in [0.5, 0.6) is 5.75 Å². The predicted molar refractivity (Wildman–Crippen MR) is 146 cm³/mol. The van der Waals surface area contributed by atoms with Crippen LogP contribution >= 0.6 is 22.7 Å². The molecule has 0 amide bonds. The highest BCUT2D eigenvalue weighted by Gasteiger charge is 2.25. The molecule has 0 aliphatic carbocycles. The van der Waals surface area contributed by atoms with Gasteiger partial charge in [-0.25, -0.2) is 0 Å². The number of hydrogen-bond acceptors (Lipinski definition) is 4. The molecule has 1 aromatic carbocycles. The molecule has 0 atom stereocenters. The number of rotatable bonds is 8. The number of fused-ring (bicyclic) bond motifs is 3. The Morgan fingerprint density at radius 1 is 0.853 bits per heavy atom. The standard InChI is InChI=1S/C28H35NO3S2/c1-27(2,3)22-16-20-25(33-22)26-21(17-23(34-26)28(4,5)6)29(20)18-11-13-19(14-12-18)32-15-9-7-8-10-24(30)31/h11-14,16-17H,7-10,15H2,1-6H3,(H,30,31). The van der Waals surface area contributed by atoms with Gasteiger partial charge in [0.05, 0.1) is 27.0 Å². The van der Waals surface area contributed by atoms with Crippen LogP contribution in [0, 0.1) is 0 Å². The third kappa shape index (κ3) is 5.18. The summed E-state index contributed by atoms with van der Waals surface area (Å²) in [5.41, 5.74) is 3.94. The molecule has 0 saturated carbocycles. The van der Waals surface area contributed by atoms with Gasteiger partial charge in [0.1, 0.15) is 5.75 Å². The molecular weight excluding hydrogens is 462 g/mol. The first-order valence-corrected chi connectivity index (χ1v) is 13.6. The minimum atomic E-state index is -0.731. The molecule has 0 saturated heterocycles. The number of benzene rings is 1. The van der Waals surface area contributed by atoms with Crippen LogP contribution in [0.1, 0.15) is 77.0 Å². The van der Waals surface area contributed by atoms with Gasteiger partial charge in [-0.2, -0.15) is 0 Å². The van der Waals surface area contributed by atoms with E-state index in [1.54, 1.807) is 0 Å². The van der Waals surface area contributed by atoms with E-state index in [4.69, 9.17) is 9.84 Å². The number of ether oxygens (including phenoxy) is 1. The van der Waals surface area contributed by atoms with E-state index in [-0.39, 0.29) is 17.3 Å². The highest BCUT2D eigenvalue weighted by Crippen LogP contribution is 2.46. The van der Waals surface area contributed by atoms with E-state index in [2.05, 4.69) is 70.4 Å². The molecule has 34 heavy (non-hydrogen) atoms. The normalized spacial score (nSPS) is 12.6. The summed E-state index contributed by atoms with van der Waals surface area (Å²) in [5, 5.41) is 8.73. The summed E-state index contributed by atoms with van der Waals surface area (Å²) in [4.78, 5) is 13.4. The number of unbranched alkanes of at least 4 members (excludes halogenated alkanes) is 2. The van der Waals surface area contributed by atoms with Crippen molar-refractivity contribution in [2.45, 2.75) is 78.1 Å². The third-order valence-corrected chi connectivity index (χ3v) is 9.25. The summed E-state index contributed by atoms with van der Waals surface area (Å²) in [6.45, 7) is 14.3. The Morgan fingerprint density at radius 2 is 1.38 bits per heavy atom. The van der Waals surface area contributed by atoms with Crippen molar-refractivity contribution in [3.63, 3.8) is 0 Å². The average Bonchev–Trinajstić information content (AvgIpc) is 3.41. The molecule has 0 spiro atoms. The Labute approximate surface area is 210 Å². The number of carboxylic acids is 1. The van der Waals surface area contributed by atoms with Crippen LogP contribution in [-0.4, -0.2) is 22.2 Å². The Balaban J connectivity index is 1.63. The Morgan fingerprint density at radius 3 is 1.85 bits per heavy atom. The maximum Gasteiger partial charge on any atom is 0.303 e. The molecule has 3 heterocycles. The maximum absolute atomic E-state index is 10.6. The van der Waals surface area contributed by atoms with Crippen molar-refractivity contribution in [1.29, 1.82) is 0 Å². The average molecular weight is 498 g/mol. The molecule has 182 valence electrons. The van der Waals surface area contributed by atoms with E-state index < -0.39 is 5.97 Å². The zero-order valence-electron chi connectivity index (χ0n) is 21.0. The van der Waals surface area contributed by atoms with Crippen LogP contribution in [-0.2, 0) is 15.6 Å². The van der Waals surface area contributed by atoms with E-state index in [1.165, 1.54) is 30.2 Å². The highest BCUT2D eigenvalue weighted by molar-refractivity contribution is 7.27. The van der Waals surface area contributed by atoms with Gasteiger partial charge >= 0.3 is 5.97 Å². The smallest absolute Gasteiger partial charge is 0.303 e. The highest BCUT2D eigenvalue weighted by atomic mass is 32.1. The van der Waals surface area contributed by atoms with Crippen molar-refractivity contribution in [2.75, 3.05) is 6.61 Å². The number of thiophene rings is 2. The second-order valence-corrected chi connectivity index (χ2v) is 13.1. The lowest BCUT2D eigenvalue weighted by molar-refractivity contribution is -0.137. The van der Waals surface area contributed by atoms with Gasteiger partial charge in [-0.15, -0.1) is 22.7 Å². The van der Waals surface area contributed by atoms with Crippen LogP contribution in [0.3, 0.4) is 0 Å². The summed E-state index contributed by atoms with van der Waals surface area (Å²) in [5.74, 6) is 0.119. The zero-order chi connectivity index (χ0) is 24.7. The second-order valence-electron chi connectivity index (χ2n) is 11.0. The SMILES string of the molecule is CC(C)(C)c1cc2c(s1)c1sc(C(C)(C)C)cc1n2-c1ccc(OCCCCCC(=O)O)cc1. The predicted octanol–water partition coefficient (Wildman–Crippen LogP) is 8.53. The van der Waals surface area contributed by atoms with Crippen LogP contribution in [0.2, 0.25) is 0 Å². The molecular formula is C28H35NO3S2. The van der Waals surface area contributed by atoms with Gasteiger partial charge in [0.2, 0.25) is 0 Å². The monoisotopic (exact) mass is 497 g/mol. The molecule has 3 aromatic heterocycles. The lowest BCUT2D eigenvalue weighted by Crippen LogP contribution is -2.08. The lowest BCUT2D eigenvalue weighted by Gasteiger charge is -2.15. The topological polar surface area (TPSA) is 51.5 Å².